The Hall–Kier alpha value is -2.91. The van der Waals surface area contributed by atoms with Crippen LogP contribution in [-0.4, -0.2) is 32.5 Å². The summed E-state index contributed by atoms with van der Waals surface area (Å²) in [7, 11) is 0. The van der Waals surface area contributed by atoms with Crippen molar-refractivity contribution in [1.29, 1.82) is 0 Å². The van der Waals surface area contributed by atoms with E-state index in [-0.39, 0.29) is 5.75 Å². The number of thioether (sulfide) groups is 1. The fraction of sp³-hybridized carbons (Fsp3) is 0.143. The maximum atomic E-state index is 12.1. The van der Waals surface area contributed by atoms with Gasteiger partial charge in [0.1, 0.15) is 0 Å². The summed E-state index contributed by atoms with van der Waals surface area (Å²) in [6, 6.07) is 16.7. The van der Waals surface area contributed by atoms with Crippen molar-refractivity contribution in [2.45, 2.75) is 18.2 Å². The van der Waals surface area contributed by atoms with E-state index in [1.807, 2.05) is 59.2 Å². The number of carbonyl (C=O) groups excluding carboxylic acids is 2. The first-order valence-electron chi connectivity index (χ1n) is 9.11. The second kappa shape index (κ2) is 10.7. The van der Waals surface area contributed by atoms with Crippen LogP contribution >= 0.6 is 27.7 Å². The van der Waals surface area contributed by atoms with Crippen LogP contribution < -0.4 is 10.6 Å². The summed E-state index contributed by atoms with van der Waals surface area (Å²) < 4.78 is 2.85. The highest BCUT2D eigenvalue weighted by atomic mass is 79.9. The highest BCUT2D eigenvalue weighted by molar-refractivity contribution is 9.10. The molecule has 0 unspecified atom stereocenters. The number of amides is 3. The van der Waals surface area contributed by atoms with Gasteiger partial charge in [-0.3, -0.25) is 14.7 Å². The molecule has 0 aliphatic heterocycles. The first-order chi connectivity index (χ1) is 14.6. The van der Waals surface area contributed by atoms with Crippen LogP contribution in [0.25, 0.3) is 11.4 Å². The summed E-state index contributed by atoms with van der Waals surface area (Å²) in [6.45, 7) is 4.62. The second-order valence-corrected chi connectivity index (χ2v) is 8.08. The molecule has 0 atom stereocenters. The molecule has 0 saturated carbocycles. The third-order valence-electron chi connectivity index (χ3n) is 4.01. The molecule has 2 N–H and O–H groups in total. The third kappa shape index (κ3) is 6.04. The van der Waals surface area contributed by atoms with E-state index in [4.69, 9.17) is 0 Å². The molecule has 0 aliphatic carbocycles. The van der Waals surface area contributed by atoms with Crippen LogP contribution in [0.15, 0.2) is 76.9 Å². The second-order valence-electron chi connectivity index (χ2n) is 6.22. The number of rotatable bonds is 8. The fourth-order valence-corrected chi connectivity index (χ4v) is 3.63. The van der Waals surface area contributed by atoms with Gasteiger partial charge in [-0.1, -0.05) is 76.2 Å². The van der Waals surface area contributed by atoms with E-state index in [2.05, 4.69) is 43.3 Å². The lowest BCUT2D eigenvalue weighted by Gasteiger charge is -2.09. The average Bonchev–Trinajstić information content (AvgIpc) is 3.15. The van der Waals surface area contributed by atoms with Gasteiger partial charge >= 0.3 is 6.03 Å². The van der Waals surface area contributed by atoms with Crippen molar-refractivity contribution in [3.8, 4) is 11.4 Å². The van der Waals surface area contributed by atoms with Crippen molar-refractivity contribution in [2.24, 2.45) is 0 Å². The van der Waals surface area contributed by atoms with Gasteiger partial charge in [0.25, 0.3) is 0 Å². The van der Waals surface area contributed by atoms with E-state index in [1.54, 1.807) is 6.08 Å². The Kier molecular flexibility index (Phi) is 7.81. The summed E-state index contributed by atoms with van der Waals surface area (Å²) in [4.78, 5) is 24.1. The molecule has 9 heteroatoms. The highest BCUT2D eigenvalue weighted by Crippen LogP contribution is 2.25. The summed E-state index contributed by atoms with van der Waals surface area (Å²) in [5, 5.41) is 14.0. The van der Waals surface area contributed by atoms with E-state index in [0.717, 1.165) is 15.6 Å². The van der Waals surface area contributed by atoms with Crippen molar-refractivity contribution in [1.82, 2.24) is 25.4 Å². The summed E-state index contributed by atoms with van der Waals surface area (Å²) in [5.41, 5.74) is 1.86. The van der Waals surface area contributed by atoms with Crippen LogP contribution in [0.5, 0.6) is 0 Å². The summed E-state index contributed by atoms with van der Waals surface area (Å²) in [5.74, 6) is 0.309. The Morgan fingerprint density at radius 1 is 1.10 bits per heavy atom. The monoisotopic (exact) mass is 485 g/mol. The van der Waals surface area contributed by atoms with Crippen LogP contribution in [0.3, 0.4) is 0 Å². The maximum Gasteiger partial charge on any atom is 0.321 e. The van der Waals surface area contributed by atoms with E-state index >= 15 is 0 Å². The molecule has 0 spiro atoms. The fourth-order valence-electron chi connectivity index (χ4n) is 2.62. The van der Waals surface area contributed by atoms with Crippen LogP contribution in [0.2, 0.25) is 0 Å². The first-order valence-corrected chi connectivity index (χ1v) is 10.9. The van der Waals surface area contributed by atoms with Crippen molar-refractivity contribution in [2.75, 3.05) is 5.75 Å². The van der Waals surface area contributed by atoms with Gasteiger partial charge in [0.2, 0.25) is 5.91 Å². The molecule has 154 valence electrons. The van der Waals surface area contributed by atoms with E-state index in [1.165, 1.54) is 11.8 Å². The molecule has 3 amide bonds. The molecule has 30 heavy (non-hydrogen) atoms. The van der Waals surface area contributed by atoms with Gasteiger partial charge in [-0.25, -0.2) is 4.79 Å². The molecular formula is C21H20BrN5O2S. The van der Waals surface area contributed by atoms with Gasteiger partial charge in [0.05, 0.1) is 5.75 Å². The van der Waals surface area contributed by atoms with Crippen molar-refractivity contribution in [3.63, 3.8) is 0 Å². The molecule has 0 aliphatic rings. The lowest BCUT2D eigenvalue weighted by atomic mass is 10.2. The number of allylic oxidation sites excluding steroid dienone is 1. The molecule has 1 heterocycles. The van der Waals surface area contributed by atoms with Gasteiger partial charge in [-0.2, -0.15) is 0 Å². The van der Waals surface area contributed by atoms with Gasteiger partial charge in [0.15, 0.2) is 11.0 Å². The molecule has 0 bridgehead atoms. The Bertz CT molecular complexity index is 1020. The van der Waals surface area contributed by atoms with Crippen molar-refractivity contribution >= 4 is 39.6 Å². The molecule has 0 radical (unpaired) electrons. The zero-order valence-corrected chi connectivity index (χ0v) is 18.4. The SMILES string of the molecule is C=CCn1c(SCC(=O)NC(=O)NCc2ccccc2)nnc1-c1ccc(Br)cc1. The number of nitrogens with one attached hydrogen (secondary N) is 2. The third-order valence-corrected chi connectivity index (χ3v) is 5.51. The molecule has 7 nitrogen and oxygen atoms in total. The minimum atomic E-state index is -0.535. The minimum Gasteiger partial charge on any atom is -0.334 e. The molecule has 3 aromatic rings. The number of benzene rings is 2. The number of aromatic nitrogens is 3. The number of nitrogens with zero attached hydrogens (tertiary/aromatic N) is 3. The van der Waals surface area contributed by atoms with Crippen molar-refractivity contribution < 1.29 is 9.59 Å². The lowest BCUT2D eigenvalue weighted by molar-refractivity contribution is -0.117. The molecule has 0 saturated heterocycles. The van der Waals surface area contributed by atoms with E-state index in [9.17, 15) is 9.59 Å². The van der Waals surface area contributed by atoms with Crippen LogP contribution in [0.1, 0.15) is 5.56 Å². The Labute approximate surface area is 187 Å². The Morgan fingerprint density at radius 2 is 1.83 bits per heavy atom. The van der Waals surface area contributed by atoms with Crippen LogP contribution in [0.4, 0.5) is 4.79 Å². The molecule has 3 rings (SSSR count). The predicted molar refractivity (Wildman–Crippen MR) is 121 cm³/mol. The first kappa shape index (κ1) is 21.8. The zero-order valence-electron chi connectivity index (χ0n) is 16.0. The molecular weight excluding hydrogens is 466 g/mol. The van der Waals surface area contributed by atoms with Gasteiger partial charge < -0.3 is 5.32 Å². The van der Waals surface area contributed by atoms with Gasteiger partial charge in [0, 0.05) is 23.1 Å². The number of hydrogen-bond donors (Lipinski definition) is 2. The van der Waals surface area contributed by atoms with Gasteiger partial charge in [-0.15, -0.1) is 16.8 Å². The summed E-state index contributed by atoms with van der Waals surface area (Å²) in [6.07, 6.45) is 1.74. The van der Waals surface area contributed by atoms with E-state index < -0.39 is 11.9 Å². The van der Waals surface area contributed by atoms with Gasteiger partial charge in [-0.05, 0) is 17.7 Å². The average molecular weight is 486 g/mol. The minimum absolute atomic E-state index is 0.0361. The van der Waals surface area contributed by atoms with E-state index in [0.29, 0.717) is 24.1 Å². The van der Waals surface area contributed by atoms with Crippen LogP contribution in [0, 0.1) is 0 Å². The standard InChI is InChI=1S/C21H20BrN5O2S/c1-2-12-27-19(16-8-10-17(22)11-9-16)25-26-21(27)30-14-18(28)24-20(29)23-13-15-6-4-3-5-7-15/h2-11H,1,12-14H2,(H2,23,24,28,29). The smallest absolute Gasteiger partial charge is 0.321 e. The maximum absolute atomic E-state index is 12.1. The zero-order chi connectivity index (χ0) is 21.3. The topological polar surface area (TPSA) is 88.9 Å². The number of halogens is 1. The molecule has 0 fully saturated rings. The van der Waals surface area contributed by atoms with Crippen molar-refractivity contribution in [3.05, 3.63) is 77.3 Å². The number of urea groups is 1. The normalized spacial score (nSPS) is 10.4. The van der Waals surface area contributed by atoms with Crippen LogP contribution in [-0.2, 0) is 17.9 Å². The quantitative estimate of drug-likeness (QED) is 0.371. The number of hydrogen-bond acceptors (Lipinski definition) is 5. The largest absolute Gasteiger partial charge is 0.334 e. The number of carbonyl (C=O) groups is 2. The molecule has 1 aromatic heterocycles. The highest BCUT2D eigenvalue weighted by Gasteiger charge is 2.16. The number of imide groups is 1. The lowest BCUT2D eigenvalue weighted by Crippen LogP contribution is -2.40. The Morgan fingerprint density at radius 3 is 2.53 bits per heavy atom. The summed E-state index contributed by atoms with van der Waals surface area (Å²) >= 11 is 4.63. The Balaban J connectivity index is 1.56. The predicted octanol–water partition coefficient (Wildman–Crippen LogP) is 4.01. The molecule has 2 aromatic carbocycles.